The van der Waals surface area contributed by atoms with Crippen molar-refractivity contribution in [2.45, 2.75) is 38.1 Å². The van der Waals surface area contributed by atoms with Crippen LogP contribution in [0.4, 0.5) is 0 Å². The fourth-order valence-corrected chi connectivity index (χ4v) is 4.10. The van der Waals surface area contributed by atoms with Gasteiger partial charge in [-0.2, -0.15) is 0 Å². The van der Waals surface area contributed by atoms with Crippen molar-refractivity contribution < 1.29 is 14.3 Å². The lowest BCUT2D eigenvalue weighted by atomic mass is 9.91. The molecule has 1 fully saturated rings. The normalized spacial score (nSPS) is 19.7. The molecule has 5 rings (SSSR count). The van der Waals surface area contributed by atoms with Crippen LogP contribution in [-0.2, 0) is 12.8 Å². The molecule has 2 amide bonds. The smallest absolute Gasteiger partial charge is 0.277 e. The van der Waals surface area contributed by atoms with E-state index >= 15 is 0 Å². The number of pyridine rings is 1. The predicted molar refractivity (Wildman–Crippen MR) is 99.2 cm³/mol. The number of amides is 2. The second-order valence-corrected chi connectivity index (χ2v) is 7.48. The van der Waals surface area contributed by atoms with Crippen LogP contribution in [0.3, 0.4) is 0 Å². The summed E-state index contributed by atoms with van der Waals surface area (Å²) in [5.74, 6) is 0.153. The summed E-state index contributed by atoms with van der Waals surface area (Å²) in [6.07, 6.45) is 6.14. The van der Waals surface area contributed by atoms with Gasteiger partial charge in [0.05, 0.1) is 5.56 Å². The number of rotatable bonds is 3. The Balaban J connectivity index is 1.34. The zero-order chi connectivity index (χ0) is 18.4. The van der Waals surface area contributed by atoms with E-state index in [9.17, 15) is 9.59 Å². The quantitative estimate of drug-likeness (QED) is 0.849. The van der Waals surface area contributed by atoms with E-state index in [1.54, 1.807) is 12.1 Å². The maximum atomic E-state index is 11.8. The number of hydrogen-bond donors (Lipinski definition) is 1. The summed E-state index contributed by atoms with van der Waals surface area (Å²) in [6, 6.07) is 10.2. The highest BCUT2D eigenvalue weighted by Gasteiger charge is 2.29. The average molecular weight is 363 g/mol. The van der Waals surface area contributed by atoms with E-state index in [1.165, 1.54) is 30.4 Å². The van der Waals surface area contributed by atoms with E-state index in [0.717, 1.165) is 32.0 Å². The molecule has 6 heteroatoms. The van der Waals surface area contributed by atoms with Gasteiger partial charge in [-0.25, -0.2) is 4.98 Å². The van der Waals surface area contributed by atoms with E-state index in [2.05, 4.69) is 27.3 Å². The monoisotopic (exact) mass is 363 g/mol. The van der Waals surface area contributed by atoms with Crippen LogP contribution in [0.1, 0.15) is 51.2 Å². The molecule has 0 atom stereocenters. The number of carbonyl (C=O) groups excluding carboxylic acids is 2. The van der Waals surface area contributed by atoms with Gasteiger partial charge in [0.15, 0.2) is 0 Å². The highest BCUT2D eigenvalue weighted by Crippen LogP contribution is 2.30. The summed E-state index contributed by atoms with van der Waals surface area (Å²) in [5, 5.41) is 2.24. The number of benzene rings is 1. The first-order valence-corrected chi connectivity index (χ1v) is 9.58. The summed E-state index contributed by atoms with van der Waals surface area (Å²) in [5.41, 5.74) is 3.13. The Morgan fingerprint density at radius 2 is 1.81 bits per heavy atom. The van der Waals surface area contributed by atoms with Gasteiger partial charge in [0.25, 0.3) is 11.8 Å². The molecule has 1 saturated carbocycles. The lowest BCUT2D eigenvalue weighted by Crippen LogP contribution is -2.41. The van der Waals surface area contributed by atoms with Crippen LogP contribution in [0.25, 0.3) is 0 Å². The van der Waals surface area contributed by atoms with Gasteiger partial charge in [-0.1, -0.05) is 12.5 Å². The van der Waals surface area contributed by atoms with Gasteiger partial charge in [-0.05, 0) is 55.0 Å². The second-order valence-electron chi connectivity index (χ2n) is 7.48. The number of imide groups is 1. The fourth-order valence-electron chi connectivity index (χ4n) is 4.10. The molecule has 0 bridgehead atoms. The molecule has 0 radical (unpaired) electrons. The summed E-state index contributed by atoms with van der Waals surface area (Å²) in [7, 11) is 0. The van der Waals surface area contributed by atoms with Crippen molar-refractivity contribution in [1.82, 2.24) is 15.2 Å². The average Bonchev–Trinajstić information content (AvgIpc) is 2.78. The number of aromatic nitrogens is 1. The molecule has 2 aromatic rings. The lowest BCUT2D eigenvalue weighted by Gasteiger charge is -2.36. The molecule has 3 aliphatic rings. The molecular formula is C21H21N3O3. The third-order valence-electron chi connectivity index (χ3n) is 5.88. The zero-order valence-electron chi connectivity index (χ0n) is 15.0. The van der Waals surface area contributed by atoms with Crippen molar-refractivity contribution >= 4 is 11.8 Å². The van der Waals surface area contributed by atoms with Crippen molar-refractivity contribution in [3.05, 3.63) is 52.7 Å². The number of nitrogens with zero attached hydrogens (tertiary/aromatic N) is 2. The maximum Gasteiger partial charge on any atom is 0.277 e. The molecule has 1 aromatic heterocycles. The lowest BCUT2D eigenvalue weighted by molar-refractivity contribution is 0.0878. The fraction of sp³-hybridized carbons (Fsp3) is 0.381. The summed E-state index contributed by atoms with van der Waals surface area (Å²) in [4.78, 5) is 30.2. The molecule has 138 valence electrons. The Labute approximate surface area is 157 Å². The number of fused-ring (bicyclic) bond motifs is 2. The van der Waals surface area contributed by atoms with Crippen LogP contribution < -0.4 is 10.1 Å². The number of hydrogen-bond acceptors (Lipinski definition) is 5. The molecular weight excluding hydrogens is 342 g/mol. The van der Waals surface area contributed by atoms with Crippen LogP contribution in [0, 0.1) is 0 Å². The van der Waals surface area contributed by atoms with Crippen LogP contribution in [0.15, 0.2) is 30.3 Å². The van der Waals surface area contributed by atoms with Gasteiger partial charge < -0.3 is 4.74 Å². The molecule has 0 unspecified atom stereocenters. The van der Waals surface area contributed by atoms with Crippen molar-refractivity contribution in [2.24, 2.45) is 0 Å². The van der Waals surface area contributed by atoms with Gasteiger partial charge in [0, 0.05) is 25.2 Å². The van der Waals surface area contributed by atoms with Crippen LogP contribution >= 0.6 is 0 Å². The first-order valence-electron chi connectivity index (χ1n) is 9.58. The van der Waals surface area contributed by atoms with Crippen LogP contribution in [0.2, 0.25) is 0 Å². The number of nitrogens with one attached hydrogen (secondary N) is 1. The van der Waals surface area contributed by atoms with Crippen molar-refractivity contribution in [2.75, 3.05) is 13.1 Å². The Hall–Kier alpha value is -2.73. The highest BCUT2D eigenvalue weighted by atomic mass is 16.5. The topological polar surface area (TPSA) is 71.5 Å². The maximum absolute atomic E-state index is 11.8. The molecule has 27 heavy (non-hydrogen) atoms. The van der Waals surface area contributed by atoms with E-state index in [4.69, 9.17) is 4.74 Å². The summed E-state index contributed by atoms with van der Waals surface area (Å²) >= 11 is 0. The number of ether oxygens (including phenoxy) is 1. The third kappa shape index (κ3) is 3.00. The summed E-state index contributed by atoms with van der Waals surface area (Å²) in [6.45, 7) is 2.23. The van der Waals surface area contributed by atoms with E-state index in [1.807, 2.05) is 6.07 Å². The SMILES string of the molecule is O=C1NC(=O)c2nc(Oc3ccc4c(c3)CCN(C3CCC3)CC4)ccc21. The predicted octanol–water partition coefficient (Wildman–Crippen LogP) is 2.71. The molecule has 1 aromatic carbocycles. The largest absolute Gasteiger partial charge is 0.439 e. The molecule has 1 aliphatic carbocycles. The van der Waals surface area contributed by atoms with Crippen molar-refractivity contribution in [3.8, 4) is 11.6 Å². The van der Waals surface area contributed by atoms with Crippen LogP contribution in [-0.4, -0.2) is 40.8 Å². The Kier molecular flexibility index (Phi) is 3.93. The minimum absolute atomic E-state index is 0.128. The Morgan fingerprint density at radius 3 is 2.59 bits per heavy atom. The molecule has 0 saturated heterocycles. The molecule has 2 aliphatic heterocycles. The van der Waals surface area contributed by atoms with Crippen LogP contribution in [0.5, 0.6) is 11.6 Å². The van der Waals surface area contributed by atoms with E-state index in [0.29, 0.717) is 17.2 Å². The first kappa shape index (κ1) is 16.4. The van der Waals surface area contributed by atoms with Gasteiger partial charge in [0.2, 0.25) is 5.88 Å². The zero-order valence-corrected chi connectivity index (χ0v) is 15.0. The molecule has 1 N–H and O–H groups in total. The minimum atomic E-state index is -0.474. The van der Waals surface area contributed by atoms with E-state index in [-0.39, 0.29) is 5.69 Å². The van der Waals surface area contributed by atoms with Crippen molar-refractivity contribution in [1.29, 1.82) is 0 Å². The van der Waals surface area contributed by atoms with Gasteiger partial charge in [0.1, 0.15) is 11.4 Å². The number of carbonyl (C=O) groups is 2. The van der Waals surface area contributed by atoms with E-state index < -0.39 is 11.8 Å². The third-order valence-corrected chi connectivity index (χ3v) is 5.88. The van der Waals surface area contributed by atoms with Gasteiger partial charge >= 0.3 is 0 Å². The minimum Gasteiger partial charge on any atom is -0.439 e. The molecule has 6 nitrogen and oxygen atoms in total. The highest BCUT2D eigenvalue weighted by molar-refractivity contribution is 6.20. The summed E-state index contributed by atoms with van der Waals surface area (Å²) < 4.78 is 5.88. The van der Waals surface area contributed by atoms with Crippen molar-refractivity contribution in [3.63, 3.8) is 0 Å². The standard InChI is InChI=1S/C21H21N3O3/c25-20-17-6-7-18(22-19(17)21(26)23-20)27-16-5-4-13-8-10-24(15-2-1-3-15)11-9-14(13)12-16/h4-7,12,15H,1-3,8-11H2,(H,23,25,26). The molecule has 3 heterocycles. The van der Waals surface area contributed by atoms with Gasteiger partial charge in [-0.15, -0.1) is 0 Å². The Morgan fingerprint density at radius 1 is 1.00 bits per heavy atom. The molecule has 0 spiro atoms. The second kappa shape index (κ2) is 6.46. The first-order chi connectivity index (χ1) is 13.2. The van der Waals surface area contributed by atoms with Gasteiger partial charge in [-0.3, -0.25) is 19.8 Å². The Bertz CT molecular complexity index is 936.